The molecule has 0 unspecified atom stereocenters. The minimum Gasteiger partial charge on any atom is -0.207 e. The standard InChI is InChI=1S/C12F9.C6F5.C6H2F3.Al/c13-3-1-2(5(14)9(18)6(3)15)4-7(16)10(19)12(21)11(20)8(4)17;7-2-1-3(8)5(10)6(11)4(2)9;7-4-1-2-5(8)6(9)3-4;/h;;1,3H;. The average molecular weight is 640 g/mol. The van der Waals surface area contributed by atoms with Crippen LogP contribution in [0.1, 0.15) is 0 Å². The fourth-order valence-corrected chi connectivity index (χ4v) is 7.43. The number of rotatable bonds is 4. The van der Waals surface area contributed by atoms with Crippen LogP contribution in [0.25, 0.3) is 11.1 Å². The van der Waals surface area contributed by atoms with Crippen LogP contribution in [0.4, 0.5) is 74.6 Å². The van der Waals surface area contributed by atoms with Crippen LogP contribution in [0, 0.1) is 98.9 Å². The maximum atomic E-state index is 15.4. The van der Waals surface area contributed by atoms with Gasteiger partial charge in [-0.15, -0.1) is 0 Å². The number of hydrogen-bond acceptors (Lipinski definition) is 0. The lowest BCUT2D eigenvalue weighted by Crippen LogP contribution is -2.59. The zero-order valence-corrected chi connectivity index (χ0v) is 20.3. The molecule has 4 aromatic rings. The summed E-state index contributed by atoms with van der Waals surface area (Å²) in [6.45, 7) is 0. The van der Waals surface area contributed by atoms with Crippen molar-refractivity contribution in [2.24, 2.45) is 0 Å². The van der Waals surface area contributed by atoms with E-state index in [2.05, 4.69) is 0 Å². The molecule has 0 N–H and O–H groups in total. The predicted octanol–water partition coefficient (Wildman–Crippen LogP) is 6.23. The lowest BCUT2D eigenvalue weighted by Gasteiger charge is -2.23. The Bertz CT molecular complexity index is 1760. The fraction of sp³-hybridized carbons (Fsp3) is 0. The third kappa shape index (κ3) is 4.47. The lowest BCUT2D eigenvalue weighted by molar-refractivity contribution is 0.379. The lowest BCUT2D eigenvalue weighted by atomic mass is 10.0. The van der Waals surface area contributed by atoms with Crippen molar-refractivity contribution in [1.82, 2.24) is 0 Å². The minimum absolute atomic E-state index is 0.296. The van der Waals surface area contributed by atoms with Gasteiger partial charge in [-0.2, -0.15) is 0 Å². The number of hydrogen-bond donors (Lipinski definition) is 0. The topological polar surface area (TPSA) is 0 Å². The summed E-state index contributed by atoms with van der Waals surface area (Å²) in [5, 5.41) is 0. The van der Waals surface area contributed by atoms with Gasteiger partial charge in [0.25, 0.3) is 0 Å². The van der Waals surface area contributed by atoms with Crippen molar-refractivity contribution in [1.29, 1.82) is 0 Å². The van der Waals surface area contributed by atoms with Crippen LogP contribution in [0.15, 0.2) is 12.1 Å². The molecule has 0 aliphatic carbocycles. The zero-order valence-electron chi connectivity index (χ0n) is 19.2. The molecular weight excluding hydrogens is 638 g/mol. The Morgan fingerprint density at radius 2 is 0.643 bits per heavy atom. The van der Waals surface area contributed by atoms with E-state index >= 15 is 8.78 Å². The highest BCUT2D eigenvalue weighted by Gasteiger charge is 2.45. The third-order valence-corrected chi connectivity index (χ3v) is 9.16. The second-order valence-electron chi connectivity index (χ2n) is 8.20. The normalized spacial score (nSPS) is 11.5. The van der Waals surface area contributed by atoms with Crippen LogP contribution in [0.5, 0.6) is 0 Å². The molecule has 4 aromatic carbocycles. The van der Waals surface area contributed by atoms with E-state index in [1.807, 2.05) is 0 Å². The molecule has 0 saturated heterocycles. The van der Waals surface area contributed by atoms with E-state index in [1.165, 1.54) is 0 Å². The SMILES string of the molecule is Fc1cc(F)c(F)[c]([Al]([c]2c(F)c(F)c(F)c(F)c2F)[c]2c(F)c(F)c(F)c(F)c2-c2c(F)c(F)c(F)c(F)c2F)c1. The van der Waals surface area contributed by atoms with Crippen molar-refractivity contribution < 1.29 is 74.6 Å². The van der Waals surface area contributed by atoms with Crippen molar-refractivity contribution in [3.63, 3.8) is 0 Å². The molecular formula is C24H2AlF17. The zero-order chi connectivity index (χ0) is 31.7. The van der Waals surface area contributed by atoms with E-state index in [1.54, 1.807) is 0 Å². The Labute approximate surface area is 224 Å². The molecule has 0 aliphatic heterocycles. The van der Waals surface area contributed by atoms with Crippen LogP contribution < -0.4 is 13.3 Å². The highest BCUT2D eigenvalue weighted by Crippen LogP contribution is 2.35. The Morgan fingerprint density at radius 3 is 1.07 bits per heavy atom. The summed E-state index contributed by atoms with van der Waals surface area (Å²) < 4.78 is 238. The van der Waals surface area contributed by atoms with Gasteiger partial charge in [0.1, 0.15) is 11.6 Å². The molecule has 0 radical (unpaired) electrons. The molecule has 0 amide bonds. The first kappa shape index (κ1) is 31.2. The van der Waals surface area contributed by atoms with Gasteiger partial charge in [0.15, 0.2) is 81.4 Å². The van der Waals surface area contributed by atoms with Gasteiger partial charge in [-0.05, 0) is 10.5 Å². The predicted molar refractivity (Wildman–Crippen MR) is 109 cm³/mol. The Hall–Kier alpha value is -3.78. The third-order valence-electron chi connectivity index (χ3n) is 5.92. The van der Waals surface area contributed by atoms with Crippen LogP contribution in [-0.2, 0) is 0 Å². The Morgan fingerprint density at radius 1 is 0.310 bits per heavy atom. The summed E-state index contributed by atoms with van der Waals surface area (Å²) >= 11 is -5.92. The molecule has 0 heterocycles. The molecule has 0 spiro atoms. The van der Waals surface area contributed by atoms with Crippen LogP contribution >= 0.6 is 0 Å². The molecule has 0 aliphatic rings. The molecule has 0 nitrogen and oxygen atoms in total. The van der Waals surface area contributed by atoms with Crippen molar-refractivity contribution in [3.8, 4) is 11.1 Å². The molecule has 0 saturated carbocycles. The largest absolute Gasteiger partial charge is 0.404 e. The first-order valence-electron chi connectivity index (χ1n) is 10.5. The van der Waals surface area contributed by atoms with Gasteiger partial charge in [-0.3, -0.25) is 0 Å². The van der Waals surface area contributed by atoms with Gasteiger partial charge in [-0.25, -0.2) is 74.6 Å². The smallest absolute Gasteiger partial charge is 0.207 e. The van der Waals surface area contributed by atoms with E-state index in [-0.39, 0.29) is 12.1 Å². The monoisotopic (exact) mass is 640 g/mol. The van der Waals surface area contributed by atoms with Crippen molar-refractivity contribution in [3.05, 3.63) is 111 Å². The first-order valence-corrected chi connectivity index (χ1v) is 12.2. The van der Waals surface area contributed by atoms with Crippen LogP contribution in [0.2, 0.25) is 0 Å². The average Bonchev–Trinajstić information content (AvgIpc) is 2.95. The van der Waals surface area contributed by atoms with Gasteiger partial charge in [0, 0.05) is 11.6 Å². The Kier molecular flexibility index (Phi) is 8.02. The van der Waals surface area contributed by atoms with Crippen LogP contribution in [-0.4, -0.2) is 14.1 Å². The number of benzene rings is 4. The van der Waals surface area contributed by atoms with Gasteiger partial charge in [-0.1, -0.05) is 8.85 Å². The summed E-state index contributed by atoms with van der Waals surface area (Å²) in [4.78, 5) is 0. The first-order chi connectivity index (χ1) is 19.4. The number of halogens is 17. The van der Waals surface area contributed by atoms with Crippen molar-refractivity contribution >= 4 is 27.4 Å². The molecule has 0 bridgehead atoms. The molecule has 18 heteroatoms. The second kappa shape index (κ2) is 10.8. The molecule has 0 atom stereocenters. The molecule has 42 heavy (non-hydrogen) atoms. The van der Waals surface area contributed by atoms with Gasteiger partial charge < -0.3 is 0 Å². The highest BCUT2D eigenvalue weighted by molar-refractivity contribution is 6.96. The maximum absolute atomic E-state index is 15.4. The van der Waals surface area contributed by atoms with E-state index in [4.69, 9.17) is 0 Å². The van der Waals surface area contributed by atoms with E-state index in [0.29, 0.717) is 0 Å². The van der Waals surface area contributed by atoms with Crippen LogP contribution in [0.3, 0.4) is 0 Å². The molecule has 4 rings (SSSR count). The summed E-state index contributed by atoms with van der Waals surface area (Å²) in [5.41, 5.74) is -5.31. The summed E-state index contributed by atoms with van der Waals surface area (Å²) in [7, 11) is 0. The highest BCUT2D eigenvalue weighted by atomic mass is 27.2. The Balaban J connectivity index is 2.39. The van der Waals surface area contributed by atoms with Gasteiger partial charge >= 0.3 is 14.1 Å². The van der Waals surface area contributed by atoms with Crippen molar-refractivity contribution in [2.45, 2.75) is 0 Å². The van der Waals surface area contributed by atoms with Gasteiger partial charge in [0.2, 0.25) is 5.82 Å². The second-order valence-corrected chi connectivity index (χ2v) is 10.8. The quantitative estimate of drug-likeness (QED) is 0.107. The van der Waals surface area contributed by atoms with E-state index < -0.39 is 137 Å². The molecule has 0 fully saturated rings. The molecule has 220 valence electrons. The summed E-state index contributed by atoms with van der Waals surface area (Å²) in [5.74, 6) is -49.1. The fourth-order valence-electron chi connectivity index (χ4n) is 4.11. The molecule has 0 aromatic heterocycles. The summed E-state index contributed by atoms with van der Waals surface area (Å²) in [6.07, 6.45) is 0. The summed E-state index contributed by atoms with van der Waals surface area (Å²) in [6, 6.07) is -0.607. The van der Waals surface area contributed by atoms with Crippen molar-refractivity contribution in [2.75, 3.05) is 0 Å². The minimum atomic E-state index is -5.92. The van der Waals surface area contributed by atoms with E-state index in [9.17, 15) is 65.9 Å². The maximum Gasteiger partial charge on any atom is 0.404 e. The van der Waals surface area contributed by atoms with Gasteiger partial charge in [0.05, 0.1) is 5.56 Å². The van der Waals surface area contributed by atoms with E-state index in [0.717, 1.165) is 0 Å².